The van der Waals surface area contributed by atoms with E-state index in [-0.39, 0.29) is 11.4 Å². The zero-order valence-corrected chi connectivity index (χ0v) is 12.9. The van der Waals surface area contributed by atoms with Crippen LogP contribution in [0.1, 0.15) is 5.56 Å². The Labute approximate surface area is 137 Å². The van der Waals surface area contributed by atoms with Crippen LogP contribution in [0.15, 0.2) is 58.8 Å². The van der Waals surface area contributed by atoms with Crippen LogP contribution in [0.2, 0.25) is 0 Å². The molecule has 0 spiro atoms. The van der Waals surface area contributed by atoms with Crippen molar-refractivity contribution in [3.8, 4) is 5.75 Å². The minimum absolute atomic E-state index is 0.0238. The number of nitrogens with zero attached hydrogens (tertiary/aromatic N) is 2. The van der Waals surface area contributed by atoms with Gasteiger partial charge in [0, 0.05) is 23.2 Å². The molecule has 7 heteroatoms. The van der Waals surface area contributed by atoms with E-state index < -0.39 is 5.23 Å². The highest BCUT2D eigenvalue weighted by molar-refractivity contribution is 5.98. The molecule has 0 heterocycles. The average Bonchev–Trinajstić information content (AvgIpc) is 2.55. The third kappa shape index (κ3) is 3.04. The van der Waals surface area contributed by atoms with E-state index in [9.17, 15) is 10.3 Å². The second-order valence-electron chi connectivity index (χ2n) is 5.42. The Morgan fingerprint density at radius 3 is 2.38 bits per heavy atom. The summed E-state index contributed by atoms with van der Waals surface area (Å²) >= 11 is 0. The number of hydrogen-bond donors (Lipinski definition) is 4. The number of quaternary nitrogens is 1. The molecule has 3 aromatic carbocycles. The van der Waals surface area contributed by atoms with E-state index in [0.29, 0.717) is 17.1 Å². The standard InChI is InChI=1S/C17H16N4O3/c1-10-8-16(22)17(14-7-2-11(18)9-15(10)14)20-19-12-3-5-13(6-4-12)21(23)24/h2-9,21-23H,18H2,1H3. The molecule has 1 atom stereocenters. The lowest BCUT2D eigenvalue weighted by Gasteiger charge is -2.10. The van der Waals surface area contributed by atoms with Crippen molar-refractivity contribution in [2.45, 2.75) is 6.92 Å². The van der Waals surface area contributed by atoms with Crippen molar-refractivity contribution >= 4 is 33.5 Å². The molecule has 0 bridgehead atoms. The van der Waals surface area contributed by atoms with Crippen LogP contribution in [0, 0.1) is 12.1 Å². The number of anilines is 1. The number of azo groups is 1. The minimum Gasteiger partial charge on any atom is -0.595 e. The third-order valence-corrected chi connectivity index (χ3v) is 3.70. The molecule has 0 amide bonds. The normalized spacial score (nSPS) is 12.8. The summed E-state index contributed by atoms with van der Waals surface area (Å²) in [5, 5.41) is 38.8. The Bertz CT molecular complexity index is 921. The molecule has 5 N–H and O–H groups in total. The first-order valence-corrected chi connectivity index (χ1v) is 7.22. The molecular formula is C17H16N4O3. The number of aromatic hydroxyl groups is 1. The molecule has 0 radical (unpaired) electrons. The van der Waals surface area contributed by atoms with Crippen LogP contribution in [0.3, 0.4) is 0 Å². The molecule has 0 aliphatic carbocycles. The van der Waals surface area contributed by atoms with E-state index in [1.54, 1.807) is 30.3 Å². The topological polar surface area (TPSA) is 119 Å². The van der Waals surface area contributed by atoms with Crippen molar-refractivity contribution < 1.29 is 15.5 Å². The Balaban J connectivity index is 2.03. The van der Waals surface area contributed by atoms with Gasteiger partial charge in [-0.05, 0) is 54.3 Å². The Kier molecular flexibility index (Phi) is 4.13. The number of nitrogen functional groups attached to an aromatic ring is 1. The van der Waals surface area contributed by atoms with Crippen molar-refractivity contribution in [1.29, 1.82) is 0 Å². The number of fused-ring (bicyclic) bond motifs is 1. The van der Waals surface area contributed by atoms with E-state index >= 15 is 0 Å². The molecule has 0 aromatic heterocycles. The molecule has 0 saturated carbocycles. The summed E-state index contributed by atoms with van der Waals surface area (Å²) in [5.41, 5.74) is 8.35. The van der Waals surface area contributed by atoms with Gasteiger partial charge in [-0.25, -0.2) is 5.21 Å². The molecule has 122 valence electrons. The van der Waals surface area contributed by atoms with Crippen LogP contribution in [0.25, 0.3) is 10.8 Å². The van der Waals surface area contributed by atoms with Gasteiger partial charge in [-0.1, -0.05) is 0 Å². The number of hydrogen-bond acceptors (Lipinski definition) is 6. The number of benzene rings is 3. The van der Waals surface area contributed by atoms with Crippen molar-refractivity contribution in [3.05, 3.63) is 59.3 Å². The lowest BCUT2D eigenvalue weighted by molar-refractivity contribution is -0.991. The predicted molar refractivity (Wildman–Crippen MR) is 91.2 cm³/mol. The van der Waals surface area contributed by atoms with Crippen LogP contribution in [0.4, 0.5) is 22.7 Å². The first kappa shape index (κ1) is 15.9. The number of phenols is 1. The van der Waals surface area contributed by atoms with Crippen molar-refractivity contribution in [1.82, 2.24) is 0 Å². The van der Waals surface area contributed by atoms with Gasteiger partial charge in [0.1, 0.15) is 11.4 Å². The quantitative estimate of drug-likeness (QED) is 0.336. The molecular weight excluding hydrogens is 308 g/mol. The van der Waals surface area contributed by atoms with Gasteiger partial charge in [-0.3, -0.25) is 0 Å². The molecule has 0 saturated heterocycles. The van der Waals surface area contributed by atoms with Gasteiger partial charge in [0.05, 0.1) is 5.69 Å². The van der Waals surface area contributed by atoms with Crippen molar-refractivity contribution in [2.75, 3.05) is 5.73 Å². The fourth-order valence-electron chi connectivity index (χ4n) is 2.47. The summed E-state index contributed by atoms with van der Waals surface area (Å²) in [6, 6.07) is 13.0. The van der Waals surface area contributed by atoms with Gasteiger partial charge >= 0.3 is 0 Å². The van der Waals surface area contributed by atoms with Gasteiger partial charge in [-0.15, -0.1) is 5.11 Å². The zero-order chi connectivity index (χ0) is 17.3. The number of aryl methyl sites for hydroxylation is 1. The van der Waals surface area contributed by atoms with E-state index in [1.807, 2.05) is 13.0 Å². The van der Waals surface area contributed by atoms with Gasteiger partial charge in [0.25, 0.3) is 0 Å². The first-order valence-electron chi connectivity index (χ1n) is 7.22. The molecule has 1 unspecified atom stereocenters. The highest BCUT2D eigenvalue weighted by atomic mass is 16.8. The van der Waals surface area contributed by atoms with E-state index in [2.05, 4.69) is 10.2 Å². The van der Waals surface area contributed by atoms with Gasteiger partial charge < -0.3 is 16.0 Å². The van der Waals surface area contributed by atoms with E-state index in [0.717, 1.165) is 16.3 Å². The third-order valence-electron chi connectivity index (χ3n) is 3.70. The summed E-state index contributed by atoms with van der Waals surface area (Å²) in [4.78, 5) is 0. The van der Waals surface area contributed by atoms with Crippen LogP contribution >= 0.6 is 0 Å². The lowest BCUT2D eigenvalue weighted by Crippen LogP contribution is -2.99. The number of nitrogens with one attached hydrogen (secondary N) is 1. The number of phenolic OH excluding ortho intramolecular Hbond substituents is 1. The molecule has 0 aliphatic rings. The molecule has 0 aliphatic heterocycles. The highest BCUT2D eigenvalue weighted by Crippen LogP contribution is 2.38. The predicted octanol–water partition coefficient (Wildman–Crippen LogP) is 3.25. The van der Waals surface area contributed by atoms with Crippen LogP contribution in [0.5, 0.6) is 5.75 Å². The highest BCUT2D eigenvalue weighted by Gasteiger charge is 2.10. The Morgan fingerprint density at radius 2 is 1.71 bits per heavy atom. The second-order valence-corrected chi connectivity index (χ2v) is 5.42. The summed E-state index contributed by atoms with van der Waals surface area (Å²) in [7, 11) is 0. The Morgan fingerprint density at radius 1 is 1.00 bits per heavy atom. The van der Waals surface area contributed by atoms with E-state index in [4.69, 9.17) is 10.9 Å². The number of rotatable bonds is 3. The van der Waals surface area contributed by atoms with Crippen molar-refractivity contribution in [3.63, 3.8) is 0 Å². The van der Waals surface area contributed by atoms with Crippen LogP contribution < -0.4 is 11.0 Å². The van der Waals surface area contributed by atoms with Gasteiger partial charge in [0.2, 0.25) is 0 Å². The zero-order valence-electron chi connectivity index (χ0n) is 12.9. The maximum atomic E-state index is 10.8. The van der Waals surface area contributed by atoms with Crippen molar-refractivity contribution in [2.24, 2.45) is 10.2 Å². The monoisotopic (exact) mass is 324 g/mol. The average molecular weight is 324 g/mol. The Hall–Kier alpha value is -3.00. The van der Waals surface area contributed by atoms with Crippen LogP contribution in [-0.2, 0) is 0 Å². The lowest BCUT2D eigenvalue weighted by atomic mass is 10.0. The van der Waals surface area contributed by atoms with E-state index in [1.165, 1.54) is 12.1 Å². The second kappa shape index (κ2) is 6.25. The summed E-state index contributed by atoms with van der Waals surface area (Å²) in [6.45, 7) is 1.88. The fraction of sp³-hybridized carbons (Fsp3) is 0.0588. The maximum Gasteiger partial charge on any atom is 0.163 e. The minimum atomic E-state index is -1.00. The van der Waals surface area contributed by atoms with Gasteiger partial charge in [-0.2, -0.15) is 10.3 Å². The molecule has 24 heavy (non-hydrogen) atoms. The van der Waals surface area contributed by atoms with Crippen LogP contribution in [-0.4, -0.2) is 10.3 Å². The maximum absolute atomic E-state index is 10.8. The largest absolute Gasteiger partial charge is 0.595 e. The summed E-state index contributed by atoms with van der Waals surface area (Å²) in [6.07, 6.45) is 0. The smallest absolute Gasteiger partial charge is 0.163 e. The molecule has 3 aromatic rings. The fourth-order valence-corrected chi connectivity index (χ4v) is 2.47. The van der Waals surface area contributed by atoms with Gasteiger partial charge in [0.15, 0.2) is 5.69 Å². The SMILES string of the molecule is Cc1cc(O)c(N=Nc2ccc([NH+]([O-])O)cc2)c2ccc(N)cc12. The molecule has 0 fully saturated rings. The molecule has 7 nitrogen and oxygen atoms in total. The first-order chi connectivity index (χ1) is 11.5. The number of nitrogens with two attached hydrogens (primary N) is 1. The summed E-state index contributed by atoms with van der Waals surface area (Å²) < 4.78 is 0. The molecule has 3 rings (SSSR count). The summed E-state index contributed by atoms with van der Waals surface area (Å²) in [5.74, 6) is 0.0238.